The molecule has 2 unspecified atom stereocenters. The van der Waals surface area contributed by atoms with Crippen LogP contribution in [-0.4, -0.2) is 37.4 Å². The Balaban J connectivity index is 1.57. The van der Waals surface area contributed by atoms with Crippen LogP contribution < -0.4 is 16.0 Å². The topological polar surface area (TPSA) is 62.4 Å². The summed E-state index contributed by atoms with van der Waals surface area (Å²) >= 11 is 0. The molecular weight excluding hydrogens is 314 g/mol. The maximum Gasteiger partial charge on any atom is 0.315 e. The molecule has 2 aliphatic rings. The Hall–Kier alpha value is -1.59. The van der Waals surface area contributed by atoms with E-state index in [-0.39, 0.29) is 23.7 Å². The summed E-state index contributed by atoms with van der Waals surface area (Å²) in [5.41, 5.74) is 1.15. The number of nitrogens with one attached hydrogen (secondary N) is 3. The van der Waals surface area contributed by atoms with Crippen LogP contribution in [0.15, 0.2) is 30.3 Å². The number of carbonyl (C=O) groups is 1. The molecule has 2 amide bonds. The highest BCUT2D eigenvalue weighted by molar-refractivity contribution is 5.74. The van der Waals surface area contributed by atoms with E-state index in [0.717, 1.165) is 26.1 Å². The second-order valence-electron chi connectivity index (χ2n) is 7.62. The fourth-order valence-corrected chi connectivity index (χ4v) is 3.64. The molecule has 1 saturated heterocycles. The maximum atomic E-state index is 12.2. The van der Waals surface area contributed by atoms with E-state index >= 15 is 0 Å². The van der Waals surface area contributed by atoms with Crippen molar-refractivity contribution in [3.05, 3.63) is 35.9 Å². The van der Waals surface area contributed by atoms with Crippen molar-refractivity contribution in [3.8, 4) is 0 Å². The fourth-order valence-electron chi connectivity index (χ4n) is 3.64. The van der Waals surface area contributed by atoms with Gasteiger partial charge in [0.25, 0.3) is 0 Å². The van der Waals surface area contributed by atoms with Crippen LogP contribution in [0.3, 0.4) is 0 Å². The zero-order valence-electron chi connectivity index (χ0n) is 15.4. The van der Waals surface area contributed by atoms with E-state index in [0.29, 0.717) is 12.5 Å². The van der Waals surface area contributed by atoms with Crippen LogP contribution in [0.5, 0.6) is 0 Å². The van der Waals surface area contributed by atoms with Gasteiger partial charge in [-0.1, -0.05) is 30.3 Å². The van der Waals surface area contributed by atoms with Gasteiger partial charge in [0.05, 0.1) is 0 Å². The van der Waals surface area contributed by atoms with E-state index in [9.17, 15) is 4.79 Å². The van der Waals surface area contributed by atoms with Gasteiger partial charge in [-0.3, -0.25) is 0 Å². The molecule has 5 nitrogen and oxygen atoms in total. The third kappa shape index (κ3) is 5.19. The Morgan fingerprint density at radius 3 is 2.52 bits per heavy atom. The molecule has 2 fully saturated rings. The summed E-state index contributed by atoms with van der Waals surface area (Å²) in [5.74, 6) is 0.666. The molecule has 1 aliphatic heterocycles. The molecule has 2 atom stereocenters. The van der Waals surface area contributed by atoms with E-state index in [1.54, 1.807) is 0 Å². The van der Waals surface area contributed by atoms with Crippen molar-refractivity contribution in [2.75, 3.05) is 19.8 Å². The number of carbonyl (C=O) groups excluding carboxylic acids is 1. The minimum atomic E-state index is -0.117. The van der Waals surface area contributed by atoms with Gasteiger partial charge in [0.15, 0.2) is 0 Å². The maximum absolute atomic E-state index is 12.2. The molecular formula is C20H31N3O2. The first-order valence-electron chi connectivity index (χ1n) is 9.53. The second-order valence-corrected chi connectivity index (χ2v) is 7.62. The molecule has 0 bridgehead atoms. The SMILES string of the molecule is CC(NC1(CNC(=O)NC(C)C2CC2)CCOCC1)c1ccccc1. The van der Waals surface area contributed by atoms with Crippen LogP contribution in [0, 0.1) is 5.92 Å². The lowest BCUT2D eigenvalue weighted by Crippen LogP contribution is -2.58. The van der Waals surface area contributed by atoms with Crippen LogP contribution in [0.2, 0.25) is 0 Å². The number of amides is 2. The van der Waals surface area contributed by atoms with Crippen LogP contribution in [-0.2, 0) is 4.74 Å². The van der Waals surface area contributed by atoms with Crippen LogP contribution in [0.25, 0.3) is 0 Å². The molecule has 0 spiro atoms. The van der Waals surface area contributed by atoms with Gasteiger partial charge >= 0.3 is 6.03 Å². The first-order chi connectivity index (χ1) is 12.1. The third-order valence-electron chi connectivity index (χ3n) is 5.55. The molecule has 138 valence electrons. The summed E-state index contributed by atoms with van der Waals surface area (Å²) in [6.07, 6.45) is 4.28. The Kier molecular flexibility index (Phi) is 5.97. The molecule has 0 aromatic heterocycles. The van der Waals surface area contributed by atoms with Gasteiger partial charge in [0, 0.05) is 37.4 Å². The third-order valence-corrected chi connectivity index (χ3v) is 5.55. The molecule has 3 N–H and O–H groups in total. The number of rotatable bonds is 7. The van der Waals surface area contributed by atoms with Crippen LogP contribution in [0.1, 0.15) is 51.1 Å². The standard InChI is InChI=1S/C20H31N3O2/c1-15(18-8-9-18)22-19(24)21-14-20(10-12-25-13-11-20)23-16(2)17-6-4-3-5-7-17/h3-7,15-16,18,23H,8-14H2,1-2H3,(H2,21,22,24). The quantitative estimate of drug-likeness (QED) is 0.712. The summed E-state index contributed by atoms with van der Waals surface area (Å²) in [6.45, 7) is 6.36. The van der Waals surface area contributed by atoms with Crippen molar-refractivity contribution in [3.63, 3.8) is 0 Å². The Morgan fingerprint density at radius 1 is 1.20 bits per heavy atom. The lowest BCUT2D eigenvalue weighted by atomic mass is 9.88. The Labute approximate surface area is 150 Å². The number of hydrogen-bond donors (Lipinski definition) is 3. The smallest absolute Gasteiger partial charge is 0.315 e. The summed E-state index contributed by atoms with van der Waals surface area (Å²) < 4.78 is 5.55. The van der Waals surface area contributed by atoms with E-state index in [1.165, 1.54) is 18.4 Å². The van der Waals surface area contributed by atoms with Crippen molar-refractivity contribution in [1.82, 2.24) is 16.0 Å². The Morgan fingerprint density at radius 2 is 1.88 bits per heavy atom. The van der Waals surface area contributed by atoms with E-state index in [2.05, 4.69) is 54.1 Å². The van der Waals surface area contributed by atoms with Gasteiger partial charge < -0.3 is 20.7 Å². The summed E-state index contributed by atoms with van der Waals surface area (Å²) in [4.78, 5) is 12.2. The molecule has 0 radical (unpaired) electrons. The van der Waals surface area contributed by atoms with Gasteiger partial charge in [-0.05, 0) is 51.0 Å². The average Bonchev–Trinajstić information content (AvgIpc) is 3.47. The van der Waals surface area contributed by atoms with Crippen LogP contribution >= 0.6 is 0 Å². The summed E-state index contributed by atoms with van der Waals surface area (Å²) in [5, 5.41) is 9.94. The summed E-state index contributed by atoms with van der Waals surface area (Å²) in [6, 6.07) is 10.9. The van der Waals surface area contributed by atoms with E-state index < -0.39 is 0 Å². The molecule has 1 aromatic rings. The van der Waals surface area contributed by atoms with Crippen LogP contribution in [0.4, 0.5) is 4.79 Å². The molecule has 3 rings (SSSR count). The van der Waals surface area contributed by atoms with Crippen molar-refractivity contribution >= 4 is 6.03 Å². The van der Waals surface area contributed by atoms with Gasteiger partial charge in [0.2, 0.25) is 0 Å². The molecule has 1 heterocycles. The molecule has 5 heteroatoms. The van der Waals surface area contributed by atoms with Gasteiger partial charge in [0.1, 0.15) is 0 Å². The van der Waals surface area contributed by atoms with E-state index in [1.807, 2.05) is 6.07 Å². The molecule has 1 aliphatic carbocycles. The minimum Gasteiger partial charge on any atom is -0.381 e. The first kappa shape index (κ1) is 18.2. The molecule has 1 saturated carbocycles. The van der Waals surface area contributed by atoms with Crippen molar-refractivity contribution in [2.45, 2.75) is 57.2 Å². The zero-order valence-corrected chi connectivity index (χ0v) is 15.4. The Bertz CT molecular complexity index is 553. The van der Waals surface area contributed by atoms with Crippen molar-refractivity contribution in [1.29, 1.82) is 0 Å². The number of hydrogen-bond acceptors (Lipinski definition) is 3. The van der Waals surface area contributed by atoms with Gasteiger partial charge in [-0.15, -0.1) is 0 Å². The highest BCUT2D eigenvalue weighted by Gasteiger charge is 2.35. The summed E-state index contributed by atoms with van der Waals surface area (Å²) in [7, 11) is 0. The number of urea groups is 1. The predicted molar refractivity (Wildman–Crippen MR) is 99.5 cm³/mol. The van der Waals surface area contributed by atoms with Gasteiger partial charge in [-0.25, -0.2) is 4.79 Å². The normalized spacial score (nSPS) is 22.0. The largest absolute Gasteiger partial charge is 0.381 e. The van der Waals surface area contributed by atoms with Crippen molar-refractivity contribution < 1.29 is 9.53 Å². The minimum absolute atomic E-state index is 0.0561. The highest BCUT2D eigenvalue weighted by atomic mass is 16.5. The fraction of sp³-hybridized carbons (Fsp3) is 0.650. The highest BCUT2D eigenvalue weighted by Crippen LogP contribution is 2.32. The lowest BCUT2D eigenvalue weighted by molar-refractivity contribution is 0.0347. The zero-order chi connectivity index (χ0) is 17.7. The number of benzene rings is 1. The van der Waals surface area contributed by atoms with Gasteiger partial charge in [-0.2, -0.15) is 0 Å². The number of ether oxygens (including phenoxy) is 1. The predicted octanol–water partition coefficient (Wildman–Crippen LogP) is 2.98. The first-order valence-corrected chi connectivity index (χ1v) is 9.53. The van der Waals surface area contributed by atoms with E-state index in [4.69, 9.17) is 4.74 Å². The monoisotopic (exact) mass is 345 g/mol. The molecule has 25 heavy (non-hydrogen) atoms. The average molecular weight is 345 g/mol. The second kappa shape index (κ2) is 8.19. The molecule has 1 aromatic carbocycles. The van der Waals surface area contributed by atoms with Crippen molar-refractivity contribution in [2.24, 2.45) is 5.92 Å². The lowest BCUT2D eigenvalue weighted by Gasteiger charge is -2.40.